The third-order valence-electron chi connectivity index (χ3n) is 6.41. The first kappa shape index (κ1) is 25.1. The van der Waals surface area contributed by atoms with Gasteiger partial charge in [-0.2, -0.15) is 0 Å². The minimum Gasteiger partial charge on any atom is -0.509 e. The molecule has 7 nitrogen and oxygen atoms in total. The largest absolute Gasteiger partial charge is 0.509 e. The highest BCUT2D eigenvalue weighted by Gasteiger charge is 2.53. The molecule has 0 saturated carbocycles. The van der Waals surface area contributed by atoms with E-state index >= 15 is 0 Å². The average Bonchev–Trinajstić information content (AvgIpc) is 3.23. The molecular formula is C27H31ClN2O5. The van der Waals surface area contributed by atoms with Crippen LogP contribution in [0.2, 0.25) is 5.02 Å². The quantitative estimate of drug-likeness (QED) is 0.405. The molecule has 2 heterocycles. The molecule has 4 rings (SSSR count). The lowest BCUT2D eigenvalue weighted by Crippen LogP contribution is -2.60. The van der Waals surface area contributed by atoms with Gasteiger partial charge in [0.2, 0.25) is 0 Å². The summed E-state index contributed by atoms with van der Waals surface area (Å²) >= 11 is 6.50. The zero-order valence-corrected chi connectivity index (χ0v) is 21.0. The van der Waals surface area contributed by atoms with E-state index in [9.17, 15) is 14.7 Å². The van der Waals surface area contributed by atoms with Crippen molar-refractivity contribution in [1.29, 1.82) is 0 Å². The van der Waals surface area contributed by atoms with Crippen LogP contribution in [-0.4, -0.2) is 45.7 Å². The lowest BCUT2D eigenvalue weighted by Gasteiger charge is -2.46. The van der Waals surface area contributed by atoms with Gasteiger partial charge in [-0.05, 0) is 48.9 Å². The number of halogens is 1. The smallest absolute Gasteiger partial charge is 0.347 e. The summed E-state index contributed by atoms with van der Waals surface area (Å²) in [6.45, 7) is 7.01. The van der Waals surface area contributed by atoms with E-state index in [2.05, 4.69) is 0 Å². The van der Waals surface area contributed by atoms with Crippen molar-refractivity contribution in [3.63, 3.8) is 0 Å². The van der Waals surface area contributed by atoms with Crippen LogP contribution in [0.15, 0.2) is 59.9 Å². The minimum atomic E-state index is -0.845. The lowest BCUT2D eigenvalue weighted by atomic mass is 9.91. The molecule has 1 N–H and O–H groups in total. The third-order valence-corrected chi connectivity index (χ3v) is 6.70. The van der Waals surface area contributed by atoms with Crippen LogP contribution in [0, 0.1) is 5.92 Å². The van der Waals surface area contributed by atoms with E-state index in [1.165, 1.54) is 5.01 Å². The summed E-state index contributed by atoms with van der Waals surface area (Å²) in [4.78, 5) is 26.2. The number of benzene rings is 2. The minimum absolute atomic E-state index is 0.111. The first-order chi connectivity index (χ1) is 16.7. The predicted octanol–water partition coefficient (Wildman–Crippen LogP) is 5.04. The van der Waals surface area contributed by atoms with Crippen LogP contribution in [0.5, 0.6) is 5.75 Å². The van der Waals surface area contributed by atoms with Gasteiger partial charge in [0.1, 0.15) is 18.1 Å². The average molecular weight is 499 g/mol. The van der Waals surface area contributed by atoms with E-state index in [-0.39, 0.29) is 30.4 Å². The molecule has 2 aliphatic rings. The van der Waals surface area contributed by atoms with Crippen LogP contribution in [0.4, 0.5) is 0 Å². The molecule has 186 valence electrons. The maximum atomic E-state index is 13.4. The fraction of sp³-hybridized carbons (Fsp3) is 0.407. The van der Waals surface area contributed by atoms with Crippen LogP contribution in [0.3, 0.4) is 0 Å². The van der Waals surface area contributed by atoms with Crippen molar-refractivity contribution >= 4 is 23.5 Å². The van der Waals surface area contributed by atoms with E-state index in [0.29, 0.717) is 30.3 Å². The molecule has 0 aromatic heterocycles. The Morgan fingerprint density at radius 3 is 2.60 bits per heavy atom. The molecule has 0 bridgehead atoms. The molecule has 0 aliphatic carbocycles. The molecular weight excluding hydrogens is 468 g/mol. The molecule has 1 unspecified atom stereocenters. The highest BCUT2D eigenvalue weighted by atomic mass is 35.5. The summed E-state index contributed by atoms with van der Waals surface area (Å²) in [6.07, 6.45) is 1.41. The molecule has 35 heavy (non-hydrogen) atoms. The zero-order valence-electron chi connectivity index (χ0n) is 20.3. The Labute approximate surface area is 210 Å². The second-order valence-corrected chi connectivity index (χ2v) is 10.0. The van der Waals surface area contributed by atoms with Crippen molar-refractivity contribution in [3.8, 4) is 5.75 Å². The first-order valence-electron chi connectivity index (χ1n) is 11.9. The molecule has 2 aromatic rings. The topological polar surface area (TPSA) is 79.3 Å². The third kappa shape index (κ3) is 5.16. The fourth-order valence-electron chi connectivity index (χ4n) is 4.51. The van der Waals surface area contributed by atoms with Crippen molar-refractivity contribution in [3.05, 3.63) is 76.0 Å². The van der Waals surface area contributed by atoms with E-state index in [1.54, 1.807) is 12.1 Å². The first-order valence-corrected chi connectivity index (χ1v) is 12.2. The normalized spacial score (nSPS) is 20.4. The SMILES string of the molecule is CC(C)COC(=O)C1=C(O)C2(C)CCCN2N(Cc2ccc(OCc3ccccc3)c(Cl)c2)C1=O. The van der Waals surface area contributed by atoms with E-state index < -0.39 is 17.4 Å². The maximum absolute atomic E-state index is 13.4. The summed E-state index contributed by atoms with van der Waals surface area (Å²) in [6, 6.07) is 15.2. The number of hydrogen-bond donors (Lipinski definition) is 1. The second-order valence-electron chi connectivity index (χ2n) is 9.62. The molecule has 2 aromatic carbocycles. The van der Waals surface area contributed by atoms with Crippen molar-refractivity contribution in [1.82, 2.24) is 10.0 Å². The van der Waals surface area contributed by atoms with Gasteiger partial charge < -0.3 is 14.6 Å². The Morgan fingerprint density at radius 2 is 1.91 bits per heavy atom. The van der Waals surface area contributed by atoms with Gasteiger partial charge in [-0.1, -0.05) is 61.8 Å². The Kier molecular flexibility index (Phi) is 7.38. The number of esters is 1. The van der Waals surface area contributed by atoms with Gasteiger partial charge in [0.15, 0.2) is 5.57 Å². The summed E-state index contributed by atoms with van der Waals surface area (Å²) in [5.41, 5.74) is 0.673. The molecule has 8 heteroatoms. The van der Waals surface area contributed by atoms with Crippen molar-refractivity contribution in [2.24, 2.45) is 5.92 Å². The molecule has 0 spiro atoms. The number of aliphatic hydroxyl groups is 1. The highest BCUT2D eigenvalue weighted by Crippen LogP contribution is 2.42. The zero-order chi connectivity index (χ0) is 25.2. The number of amides is 1. The molecule has 1 atom stereocenters. The Balaban J connectivity index is 1.54. The summed E-state index contributed by atoms with van der Waals surface area (Å²) in [5, 5.41) is 14.8. The fourth-order valence-corrected chi connectivity index (χ4v) is 4.77. The summed E-state index contributed by atoms with van der Waals surface area (Å²) in [5.74, 6) is -0.920. The van der Waals surface area contributed by atoms with Crippen LogP contribution in [-0.2, 0) is 27.5 Å². The van der Waals surface area contributed by atoms with Crippen LogP contribution in [0.1, 0.15) is 44.7 Å². The number of fused-ring (bicyclic) bond motifs is 1. The highest BCUT2D eigenvalue weighted by molar-refractivity contribution is 6.32. The Bertz CT molecular complexity index is 1130. The van der Waals surface area contributed by atoms with Crippen molar-refractivity contribution < 1.29 is 24.2 Å². The second kappa shape index (κ2) is 10.3. The molecule has 0 radical (unpaired) electrons. The van der Waals surface area contributed by atoms with Crippen molar-refractivity contribution in [2.45, 2.75) is 52.3 Å². The molecule has 1 fully saturated rings. The van der Waals surface area contributed by atoms with Crippen LogP contribution < -0.4 is 4.74 Å². The number of hydrazine groups is 1. The Hall–Kier alpha value is -3.03. The van der Waals surface area contributed by atoms with E-state index in [4.69, 9.17) is 21.1 Å². The molecule has 1 saturated heterocycles. The maximum Gasteiger partial charge on any atom is 0.347 e. The van der Waals surface area contributed by atoms with Gasteiger partial charge in [0.25, 0.3) is 5.91 Å². The predicted molar refractivity (Wildman–Crippen MR) is 133 cm³/mol. The van der Waals surface area contributed by atoms with Crippen LogP contribution >= 0.6 is 11.6 Å². The number of ether oxygens (including phenoxy) is 2. The monoisotopic (exact) mass is 498 g/mol. The van der Waals surface area contributed by atoms with Crippen LogP contribution in [0.25, 0.3) is 0 Å². The van der Waals surface area contributed by atoms with Gasteiger partial charge in [-0.3, -0.25) is 9.80 Å². The number of hydrogen-bond acceptors (Lipinski definition) is 6. The number of nitrogens with zero attached hydrogens (tertiary/aromatic N) is 2. The summed E-state index contributed by atoms with van der Waals surface area (Å²) < 4.78 is 11.2. The number of carbonyl (C=O) groups excluding carboxylic acids is 2. The van der Waals surface area contributed by atoms with Gasteiger partial charge in [-0.15, -0.1) is 0 Å². The van der Waals surface area contributed by atoms with Gasteiger partial charge in [-0.25, -0.2) is 9.80 Å². The standard InChI is InChI=1S/C27H31ClN2O5/c1-18(2)16-35-26(33)23-24(31)27(3)12-7-13-30(27)29(25(23)32)15-20-10-11-22(21(28)14-20)34-17-19-8-5-4-6-9-19/h4-6,8-11,14,18,31H,7,12-13,15-17H2,1-3H3. The van der Waals surface area contributed by atoms with Gasteiger partial charge >= 0.3 is 5.97 Å². The Morgan fingerprint density at radius 1 is 1.17 bits per heavy atom. The van der Waals surface area contributed by atoms with Gasteiger partial charge in [0, 0.05) is 6.54 Å². The lowest BCUT2D eigenvalue weighted by molar-refractivity contribution is -0.164. The molecule has 1 amide bonds. The van der Waals surface area contributed by atoms with E-state index in [0.717, 1.165) is 17.5 Å². The van der Waals surface area contributed by atoms with E-state index in [1.807, 2.05) is 62.2 Å². The summed E-state index contributed by atoms with van der Waals surface area (Å²) in [7, 11) is 0. The molecule has 2 aliphatic heterocycles. The number of aliphatic hydroxyl groups excluding tert-OH is 1. The number of rotatable bonds is 8. The number of carbonyl (C=O) groups is 2. The van der Waals surface area contributed by atoms with Gasteiger partial charge in [0.05, 0.1) is 23.7 Å². The van der Waals surface area contributed by atoms with Crippen molar-refractivity contribution in [2.75, 3.05) is 13.2 Å².